The fourth-order valence-electron chi connectivity index (χ4n) is 1.80. The molecule has 0 aliphatic rings. The molecule has 0 spiro atoms. The molecule has 0 saturated heterocycles. The van der Waals surface area contributed by atoms with Crippen LogP contribution in [0, 0.1) is 0 Å². The van der Waals surface area contributed by atoms with Crippen molar-refractivity contribution in [2.75, 3.05) is 14.1 Å². The fraction of sp³-hybridized carbons (Fsp3) is 0.133. The molecule has 0 radical (unpaired) electrons. The summed E-state index contributed by atoms with van der Waals surface area (Å²) in [6.07, 6.45) is 0. The molecule has 2 rings (SSSR count). The Balaban J connectivity index is 2.39. The van der Waals surface area contributed by atoms with Crippen molar-refractivity contribution in [3.05, 3.63) is 65.2 Å². The van der Waals surface area contributed by atoms with Crippen LogP contribution >= 0.6 is 11.6 Å². The van der Waals surface area contributed by atoms with E-state index in [0.717, 1.165) is 5.56 Å². The summed E-state index contributed by atoms with van der Waals surface area (Å²) in [4.78, 5) is 0.221. The van der Waals surface area contributed by atoms with Gasteiger partial charge in [-0.3, -0.25) is 4.58 Å². The molecule has 6 heteroatoms. The van der Waals surface area contributed by atoms with Gasteiger partial charge in [0.15, 0.2) is 0 Å². The summed E-state index contributed by atoms with van der Waals surface area (Å²) >= 11 is 5.86. The van der Waals surface area contributed by atoms with E-state index in [4.69, 9.17) is 11.6 Å². The summed E-state index contributed by atoms with van der Waals surface area (Å²) in [6, 6.07) is 15.2. The summed E-state index contributed by atoms with van der Waals surface area (Å²) in [5.74, 6) is 0.482. The maximum absolute atomic E-state index is 12.4. The predicted molar refractivity (Wildman–Crippen MR) is 84.4 cm³/mol. The van der Waals surface area contributed by atoms with Crippen LogP contribution in [0.3, 0.4) is 0 Å². The minimum Gasteiger partial charge on any atom is -0.266 e. The van der Waals surface area contributed by atoms with Crippen molar-refractivity contribution in [3.8, 4) is 0 Å². The summed E-state index contributed by atoms with van der Waals surface area (Å²) < 4.78 is 29.1. The third-order valence-electron chi connectivity index (χ3n) is 2.85. The molecule has 0 bridgehead atoms. The molecule has 1 N–H and O–H groups in total. The summed E-state index contributed by atoms with van der Waals surface area (Å²) in [5, 5.41) is 0.600. The lowest BCUT2D eigenvalue weighted by atomic mass is 10.2. The van der Waals surface area contributed by atoms with E-state index in [1.54, 1.807) is 73.3 Å². The second kappa shape index (κ2) is 6.28. The van der Waals surface area contributed by atoms with Crippen LogP contribution in [0.2, 0.25) is 5.02 Å². The normalized spacial score (nSPS) is 11.0. The smallest absolute Gasteiger partial charge is 0.266 e. The number of nitrogens with zero attached hydrogens (tertiary/aromatic N) is 1. The largest absolute Gasteiger partial charge is 0.328 e. The summed E-state index contributed by atoms with van der Waals surface area (Å²) in [5.41, 5.74) is 0.740. The predicted octanol–water partition coefficient (Wildman–Crippen LogP) is 2.34. The Bertz CT molecular complexity index is 750. The summed E-state index contributed by atoms with van der Waals surface area (Å²) in [6.45, 7) is 0. The van der Waals surface area contributed by atoms with E-state index in [9.17, 15) is 8.42 Å². The second-order valence-electron chi connectivity index (χ2n) is 4.67. The first-order valence-electron chi connectivity index (χ1n) is 6.28. The van der Waals surface area contributed by atoms with Crippen LogP contribution < -0.4 is 4.72 Å². The Morgan fingerprint density at radius 3 is 2.10 bits per heavy atom. The minimum absolute atomic E-state index is 0.221. The van der Waals surface area contributed by atoms with Gasteiger partial charge >= 0.3 is 10.0 Å². The van der Waals surface area contributed by atoms with Crippen molar-refractivity contribution in [1.29, 1.82) is 0 Å². The number of amidine groups is 1. The van der Waals surface area contributed by atoms with Gasteiger partial charge in [-0.15, -0.1) is 0 Å². The van der Waals surface area contributed by atoms with E-state index in [2.05, 4.69) is 4.72 Å². The lowest BCUT2D eigenvalue weighted by molar-refractivity contribution is -0.465. The number of halogens is 1. The quantitative estimate of drug-likeness (QED) is 0.535. The van der Waals surface area contributed by atoms with E-state index < -0.39 is 10.0 Å². The number of sulfonamides is 1. The number of nitrogens with one attached hydrogen (secondary N) is 1. The molecular formula is C15H16ClN2O2S+. The van der Waals surface area contributed by atoms with Gasteiger partial charge in [0, 0.05) is 5.02 Å². The Morgan fingerprint density at radius 1 is 1.00 bits per heavy atom. The van der Waals surface area contributed by atoms with Crippen LogP contribution in [0.25, 0.3) is 0 Å². The van der Waals surface area contributed by atoms with Crippen LogP contribution in [0.1, 0.15) is 5.56 Å². The van der Waals surface area contributed by atoms with Crippen molar-refractivity contribution in [1.82, 2.24) is 4.72 Å². The number of hydrogen-bond donors (Lipinski definition) is 1. The Kier molecular flexibility index (Phi) is 4.65. The number of hydrogen-bond acceptors (Lipinski definition) is 2. The Labute approximate surface area is 129 Å². The van der Waals surface area contributed by atoms with Gasteiger partial charge in [-0.05, 0) is 36.4 Å². The van der Waals surface area contributed by atoms with E-state index in [0.29, 0.717) is 10.9 Å². The molecule has 0 aliphatic carbocycles. The maximum atomic E-state index is 12.4. The SMILES string of the molecule is C[N+](C)=C(NS(=O)(=O)c1ccccc1)c1ccc(Cl)cc1. The van der Waals surface area contributed by atoms with Gasteiger partial charge in [0.25, 0.3) is 5.84 Å². The van der Waals surface area contributed by atoms with Crippen LogP contribution in [0.4, 0.5) is 0 Å². The van der Waals surface area contributed by atoms with E-state index in [-0.39, 0.29) is 4.90 Å². The highest BCUT2D eigenvalue weighted by atomic mass is 35.5. The van der Waals surface area contributed by atoms with Crippen molar-refractivity contribution in [2.24, 2.45) is 0 Å². The molecule has 0 fully saturated rings. The van der Waals surface area contributed by atoms with Crippen LogP contribution in [-0.2, 0) is 10.0 Å². The monoisotopic (exact) mass is 323 g/mol. The van der Waals surface area contributed by atoms with Gasteiger partial charge in [-0.2, -0.15) is 13.1 Å². The van der Waals surface area contributed by atoms with Crippen LogP contribution in [0.15, 0.2) is 59.5 Å². The van der Waals surface area contributed by atoms with Gasteiger partial charge in [-0.25, -0.2) is 0 Å². The molecule has 0 saturated carbocycles. The molecule has 2 aromatic rings. The van der Waals surface area contributed by atoms with Crippen molar-refractivity contribution in [2.45, 2.75) is 4.90 Å². The molecule has 0 aromatic heterocycles. The van der Waals surface area contributed by atoms with Crippen molar-refractivity contribution >= 4 is 27.5 Å². The first kappa shape index (κ1) is 15.5. The van der Waals surface area contributed by atoms with Gasteiger partial charge in [0.05, 0.1) is 19.7 Å². The molecule has 0 aliphatic heterocycles. The third kappa shape index (κ3) is 3.83. The molecule has 2 aromatic carbocycles. The third-order valence-corrected chi connectivity index (χ3v) is 4.46. The topological polar surface area (TPSA) is 49.2 Å². The second-order valence-corrected chi connectivity index (χ2v) is 6.79. The standard InChI is InChI=1S/C15H15ClN2O2S/c1-18(2)15(12-8-10-13(16)11-9-12)17-21(19,20)14-6-4-3-5-7-14/h3-11H,1-2H3/p+1. The molecular weight excluding hydrogens is 308 g/mol. The first-order chi connectivity index (χ1) is 9.90. The van der Waals surface area contributed by atoms with E-state index >= 15 is 0 Å². The minimum atomic E-state index is -3.62. The van der Waals surface area contributed by atoms with E-state index in [1.807, 2.05) is 0 Å². The van der Waals surface area contributed by atoms with Crippen LogP contribution in [0.5, 0.6) is 0 Å². The molecule has 0 unspecified atom stereocenters. The highest BCUT2D eigenvalue weighted by Gasteiger charge is 2.24. The van der Waals surface area contributed by atoms with Gasteiger partial charge < -0.3 is 0 Å². The van der Waals surface area contributed by atoms with Crippen molar-refractivity contribution in [3.63, 3.8) is 0 Å². The average Bonchev–Trinajstić information content (AvgIpc) is 2.47. The van der Waals surface area contributed by atoms with Gasteiger partial charge in [-0.1, -0.05) is 29.8 Å². The molecule has 110 valence electrons. The first-order valence-corrected chi connectivity index (χ1v) is 8.14. The average molecular weight is 324 g/mol. The number of rotatable bonds is 3. The number of benzene rings is 2. The zero-order chi connectivity index (χ0) is 15.5. The van der Waals surface area contributed by atoms with Crippen molar-refractivity contribution < 1.29 is 13.0 Å². The fourth-order valence-corrected chi connectivity index (χ4v) is 3.12. The highest BCUT2D eigenvalue weighted by molar-refractivity contribution is 7.90. The molecule has 21 heavy (non-hydrogen) atoms. The zero-order valence-corrected chi connectivity index (χ0v) is 13.3. The lowest BCUT2D eigenvalue weighted by Gasteiger charge is -2.07. The summed E-state index contributed by atoms with van der Waals surface area (Å²) in [7, 11) is -0.0740. The zero-order valence-electron chi connectivity index (χ0n) is 11.7. The molecule has 0 amide bonds. The van der Waals surface area contributed by atoms with Gasteiger partial charge in [0.1, 0.15) is 4.90 Å². The molecule has 0 heterocycles. The highest BCUT2D eigenvalue weighted by Crippen LogP contribution is 2.12. The van der Waals surface area contributed by atoms with Crippen LogP contribution in [-0.4, -0.2) is 32.9 Å². The van der Waals surface area contributed by atoms with E-state index in [1.165, 1.54) is 0 Å². The Morgan fingerprint density at radius 2 is 1.57 bits per heavy atom. The van der Waals surface area contributed by atoms with Gasteiger partial charge in [0.2, 0.25) is 0 Å². The Hall–Kier alpha value is -1.85. The lowest BCUT2D eigenvalue weighted by Crippen LogP contribution is -2.36. The maximum Gasteiger partial charge on any atom is 0.328 e. The molecule has 4 nitrogen and oxygen atoms in total. The molecule has 0 atom stereocenters.